The highest BCUT2D eigenvalue weighted by Crippen LogP contribution is 2.30. The number of hydrogen-bond acceptors (Lipinski definition) is 4. The van der Waals surface area contributed by atoms with Crippen LogP contribution in [-0.2, 0) is 21.2 Å². The van der Waals surface area contributed by atoms with Crippen LogP contribution >= 0.6 is 0 Å². The lowest BCUT2D eigenvalue weighted by Crippen LogP contribution is -2.28. The third-order valence-electron chi connectivity index (χ3n) is 6.42. The Labute approximate surface area is 209 Å². The predicted octanol–water partition coefficient (Wildman–Crippen LogP) is 5.03. The van der Waals surface area contributed by atoms with Crippen LogP contribution < -0.4 is 0 Å². The average Bonchev–Trinajstić information content (AvgIpc) is 3.35. The molecule has 7 heteroatoms. The van der Waals surface area contributed by atoms with E-state index in [4.69, 9.17) is 4.74 Å². The van der Waals surface area contributed by atoms with Crippen LogP contribution in [0.1, 0.15) is 39.9 Å². The number of H-pyrrole nitrogens is 1. The van der Waals surface area contributed by atoms with E-state index in [9.17, 15) is 18.3 Å². The van der Waals surface area contributed by atoms with Gasteiger partial charge in [0.1, 0.15) is 0 Å². The zero-order chi connectivity index (χ0) is 25.1. The Kier molecular flexibility index (Phi) is 6.64. The summed E-state index contributed by atoms with van der Waals surface area (Å²) in [5.41, 5.74) is 4.94. The highest BCUT2D eigenvalue weighted by atomic mass is 32.2. The summed E-state index contributed by atoms with van der Waals surface area (Å²) in [5, 5.41) is 10.9. The third kappa shape index (κ3) is 5.35. The summed E-state index contributed by atoms with van der Waals surface area (Å²) < 4.78 is 29.0. The molecule has 1 fully saturated rings. The van der Waals surface area contributed by atoms with Crippen molar-refractivity contribution < 1.29 is 23.1 Å². The largest absolute Gasteiger partial charge is 0.478 e. The fourth-order valence-corrected chi connectivity index (χ4v) is 5.87. The lowest BCUT2D eigenvalue weighted by atomic mass is 9.93. The van der Waals surface area contributed by atoms with Crippen molar-refractivity contribution in [3.63, 3.8) is 0 Å². The van der Waals surface area contributed by atoms with E-state index >= 15 is 0 Å². The average molecular weight is 500 g/mol. The molecule has 0 unspecified atom stereocenters. The Morgan fingerprint density at radius 2 is 1.78 bits per heavy atom. The van der Waals surface area contributed by atoms with E-state index in [0.29, 0.717) is 30.6 Å². The lowest BCUT2D eigenvalue weighted by Gasteiger charge is -2.22. The number of aromatic carboxylic acids is 1. The highest BCUT2D eigenvalue weighted by Gasteiger charge is 2.24. The molecule has 1 aliphatic heterocycles. The molecule has 1 saturated heterocycles. The number of benzene rings is 3. The molecule has 2 heterocycles. The molecular formula is C29H25NO5S. The van der Waals surface area contributed by atoms with Gasteiger partial charge in [-0.1, -0.05) is 42.2 Å². The van der Waals surface area contributed by atoms with Crippen LogP contribution in [-0.4, -0.2) is 42.1 Å². The number of fused-ring (bicyclic) bond motifs is 1. The molecule has 6 nitrogen and oxygen atoms in total. The van der Waals surface area contributed by atoms with Gasteiger partial charge in [-0.3, -0.25) is 0 Å². The first-order chi connectivity index (χ1) is 17.4. The van der Waals surface area contributed by atoms with Crippen molar-refractivity contribution in [1.29, 1.82) is 0 Å². The second-order valence-corrected chi connectivity index (χ2v) is 11.2. The summed E-state index contributed by atoms with van der Waals surface area (Å²) in [4.78, 5) is 15.2. The molecule has 4 aromatic rings. The molecule has 0 radical (unpaired) electrons. The molecule has 0 amide bonds. The third-order valence-corrected chi connectivity index (χ3v) is 8.14. The number of ether oxygens (including phenoxy) is 1. The maximum Gasteiger partial charge on any atom is 0.336 e. The van der Waals surface area contributed by atoms with E-state index in [0.717, 1.165) is 27.6 Å². The van der Waals surface area contributed by atoms with E-state index in [2.05, 4.69) is 16.8 Å². The number of hydrogen-bond donors (Lipinski definition) is 2. The number of rotatable bonds is 5. The Bertz CT molecular complexity index is 1580. The molecule has 0 atom stereocenters. The fraction of sp³-hybridized carbons (Fsp3) is 0.207. The quantitative estimate of drug-likeness (QED) is 0.376. The topological polar surface area (TPSA) is 96.5 Å². The van der Waals surface area contributed by atoms with Gasteiger partial charge in [0, 0.05) is 28.4 Å². The van der Waals surface area contributed by atoms with Gasteiger partial charge >= 0.3 is 5.97 Å². The van der Waals surface area contributed by atoms with E-state index in [1.807, 2.05) is 60.8 Å². The summed E-state index contributed by atoms with van der Waals surface area (Å²) in [6.07, 6.45) is 2.91. The van der Waals surface area contributed by atoms with Crippen molar-refractivity contribution in [3.8, 4) is 23.0 Å². The van der Waals surface area contributed by atoms with Crippen molar-refractivity contribution in [2.24, 2.45) is 0 Å². The van der Waals surface area contributed by atoms with Gasteiger partial charge in [-0.2, -0.15) is 0 Å². The molecule has 0 aliphatic carbocycles. The monoisotopic (exact) mass is 499 g/mol. The second-order valence-electron chi connectivity index (χ2n) is 8.92. The predicted molar refractivity (Wildman–Crippen MR) is 140 cm³/mol. The number of carboxylic acids is 1. The minimum Gasteiger partial charge on any atom is -0.478 e. The maximum absolute atomic E-state index is 12.0. The van der Waals surface area contributed by atoms with Gasteiger partial charge in [0.05, 0.1) is 29.8 Å². The molecule has 36 heavy (non-hydrogen) atoms. The van der Waals surface area contributed by atoms with Crippen LogP contribution in [0, 0.1) is 11.8 Å². The van der Waals surface area contributed by atoms with E-state index in [1.54, 1.807) is 12.1 Å². The van der Waals surface area contributed by atoms with Gasteiger partial charge in [0.25, 0.3) is 0 Å². The summed E-state index contributed by atoms with van der Waals surface area (Å²) in [7, 11) is -2.90. The normalized spacial score (nSPS) is 15.3. The minimum atomic E-state index is -2.90. The second kappa shape index (κ2) is 10.0. The SMILES string of the molecule is O=C(O)c1cccc(C#Cc2ccc(COC3CCS(=O)(=O)CC3)cc2)c1-c1ccc2cc[nH]c2c1. The van der Waals surface area contributed by atoms with Crippen molar-refractivity contribution in [1.82, 2.24) is 4.98 Å². The summed E-state index contributed by atoms with van der Waals surface area (Å²) in [6.45, 7) is 0.421. The zero-order valence-corrected chi connectivity index (χ0v) is 20.3. The molecule has 182 valence electrons. The van der Waals surface area contributed by atoms with Gasteiger partial charge in [-0.25, -0.2) is 13.2 Å². The molecule has 5 rings (SSSR count). The van der Waals surface area contributed by atoms with Gasteiger partial charge in [-0.15, -0.1) is 0 Å². The first-order valence-electron chi connectivity index (χ1n) is 11.7. The summed E-state index contributed by atoms with van der Waals surface area (Å²) >= 11 is 0. The first kappa shape index (κ1) is 23.9. The summed E-state index contributed by atoms with van der Waals surface area (Å²) in [5.74, 6) is 5.70. The number of aromatic amines is 1. The van der Waals surface area contributed by atoms with Crippen LogP contribution in [0.4, 0.5) is 0 Å². The van der Waals surface area contributed by atoms with Gasteiger partial charge in [0.2, 0.25) is 0 Å². The Morgan fingerprint density at radius 3 is 2.53 bits per heavy atom. The summed E-state index contributed by atoms with van der Waals surface area (Å²) in [6, 6.07) is 20.6. The first-order valence-corrected chi connectivity index (χ1v) is 13.6. The number of aromatic nitrogens is 1. The molecule has 1 aromatic heterocycles. The minimum absolute atomic E-state index is 0.0295. The molecule has 0 saturated carbocycles. The number of carboxylic acid groups (broad SMARTS) is 1. The van der Waals surface area contributed by atoms with Crippen molar-refractivity contribution in [3.05, 3.63) is 95.2 Å². The van der Waals surface area contributed by atoms with E-state index < -0.39 is 15.8 Å². The van der Waals surface area contributed by atoms with Gasteiger partial charge < -0.3 is 14.8 Å². The van der Waals surface area contributed by atoms with Crippen LogP contribution in [0.2, 0.25) is 0 Å². The van der Waals surface area contributed by atoms with E-state index in [-0.39, 0.29) is 23.2 Å². The molecule has 3 aromatic carbocycles. The smallest absolute Gasteiger partial charge is 0.336 e. The number of sulfone groups is 1. The van der Waals surface area contributed by atoms with Gasteiger partial charge in [-0.05, 0) is 65.8 Å². The maximum atomic E-state index is 12.0. The molecule has 0 spiro atoms. The Morgan fingerprint density at radius 1 is 1.00 bits per heavy atom. The van der Waals surface area contributed by atoms with E-state index in [1.165, 1.54) is 0 Å². The lowest BCUT2D eigenvalue weighted by molar-refractivity contribution is 0.0345. The van der Waals surface area contributed by atoms with Crippen LogP contribution in [0.15, 0.2) is 72.9 Å². The highest BCUT2D eigenvalue weighted by molar-refractivity contribution is 7.91. The Hall–Kier alpha value is -3.86. The fourth-order valence-electron chi connectivity index (χ4n) is 4.42. The molecule has 0 bridgehead atoms. The van der Waals surface area contributed by atoms with Crippen LogP contribution in [0.3, 0.4) is 0 Å². The molecular weight excluding hydrogens is 474 g/mol. The van der Waals surface area contributed by atoms with Crippen molar-refractivity contribution in [2.45, 2.75) is 25.6 Å². The van der Waals surface area contributed by atoms with Crippen molar-refractivity contribution in [2.75, 3.05) is 11.5 Å². The van der Waals surface area contributed by atoms with Crippen LogP contribution in [0.5, 0.6) is 0 Å². The van der Waals surface area contributed by atoms with Crippen LogP contribution in [0.25, 0.3) is 22.0 Å². The van der Waals surface area contributed by atoms with Gasteiger partial charge in [0.15, 0.2) is 9.84 Å². The molecule has 2 N–H and O–H groups in total. The van der Waals surface area contributed by atoms with Crippen molar-refractivity contribution >= 4 is 26.7 Å². The zero-order valence-electron chi connectivity index (χ0n) is 19.5. The number of nitrogens with one attached hydrogen (secondary N) is 1. The number of carbonyl (C=O) groups is 1. The Balaban J connectivity index is 1.35. The standard InChI is InChI=1S/C29H25NO5S/c31-29(32)26-3-1-2-23(28(26)24-11-10-22-12-15-30-27(22)18-24)9-8-20-4-6-21(7-5-20)19-35-25-13-16-36(33,34)17-14-25/h1-7,10-12,15,18,25,30H,13-14,16-17,19H2,(H,31,32). The molecule has 1 aliphatic rings.